The lowest BCUT2D eigenvalue weighted by Gasteiger charge is -2.39. The highest BCUT2D eigenvalue weighted by atomic mass is 19.2. The molecular weight excluding hydrogens is 279 g/mol. The lowest BCUT2D eigenvalue weighted by atomic mass is 10.00. The van der Waals surface area contributed by atoms with Crippen molar-refractivity contribution in [1.29, 1.82) is 0 Å². The SMILES string of the molecule is CC1CCCC(C)N1Nc1c(F)c(F)c(F)c(F)c1F. The Bertz CT molecular complexity index is 481. The zero-order chi connectivity index (χ0) is 15.0. The molecule has 112 valence electrons. The molecule has 0 amide bonds. The van der Waals surface area contributed by atoms with Crippen molar-refractivity contribution in [3.63, 3.8) is 0 Å². The molecule has 0 radical (unpaired) electrons. The second-order valence-corrected chi connectivity index (χ2v) is 5.09. The van der Waals surface area contributed by atoms with Crippen LogP contribution in [0.15, 0.2) is 0 Å². The number of hydrazine groups is 1. The predicted molar refractivity (Wildman–Crippen MR) is 64.5 cm³/mol. The Labute approximate surface area is 113 Å². The number of piperidine rings is 1. The fourth-order valence-electron chi connectivity index (χ4n) is 2.47. The van der Waals surface area contributed by atoms with E-state index in [9.17, 15) is 22.0 Å². The second kappa shape index (κ2) is 5.55. The molecule has 1 aliphatic rings. The van der Waals surface area contributed by atoms with Gasteiger partial charge in [-0.2, -0.15) is 0 Å². The average molecular weight is 294 g/mol. The minimum Gasteiger partial charge on any atom is -0.313 e. The fourth-order valence-corrected chi connectivity index (χ4v) is 2.47. The normalized spacial score (nSPS) is 23.9. The van der Waals surface area contributed by atoms with Crippen molar-refractivity contribution in [2.45, 2.75) is 45.2 Å². The van der Waals surface area contributed by atoms with Crippen LogP contribution < -0.4 is 5.43 Å². The minimum atomic E-state index is -2.15. The molecule has 1 N–H and O–H groups in total. The first-order chi connectivity index (χ1) is 9.34. The number of nitrogens with one attached hydrogen (secondary N) is 1. The van der Waals surface area contributed by atoms with Crippen LogP contribution in [0.2, 0.25) is 0 Å². The Morgan fingerprint density at radius 2 is 1.20 bits per heavy atom. The highest BCUT2D eigenvalue weighted by molar-refractivity contribution is 5.47. The Morgan fingerprint density at radius 3 is 1.65 bits per heavy atom. The van der Waals surface area contributed by atoms with Gasteiger partial charge >= 0.3 is 0 Å². The van der Waals surface area contributed by atoms with Gasteiger partial charge in [0, 0.05) is 12.1 Å². The third kappa shape index (κ3) is 2.46. The Hall–Kier alpha value is -1.37. The fraction of sp³-hybridized carbons (Fsp3) is 0.538. The van der Waals surface area contributed by atoms with Gasteiger partial charge in [-0.25, -0.2) is 27.0 Å². The molecule has 0 bridgehead atoms. The van der Waals surface area contributed by atoms with Crippen molar-refractivity contribution in [2.75, 3.05) is 5.43 Å². The van der Waals surface area contributed by atoms with Crippen LogP contribution in [0.5, 0.6) is 0 Å². The van der Waals surface area contributed by atoms with Crippen molar-refractivity contribution in [1.82, 2.24) is 5.01 Å². The molecule has 2 rings (SSSR count). The summed E-state index contributed by atoms with van der Waals surface area (Å²) >= 11 is 0. The molecule has 1 saturated heterocycles. The lowest BCUT2D eigenvalue weighted by Crippen LogP contribution is -2.47. The summed E-state index contributed by atoms with van der Waals surface area (Å²) in [7, 11) is 0. The lowest BCUT2D eigenvalue weighted by molar-refractivity contribution is 0.134. The monoisotopic (exact) mass is 294 g/mol. The van der Waals surface area contributed by atoms with Crippen molar-refractivity contribution in [3.05, 3.63) is 29.1 Å². The van der Waals surface area contributed by atoms with E-state index in [4.69, 9.17) is 0 Å². The van der Waals surface area contributed by atoms with Crippen LogP contribution in [0, 0.1) is 29.1 Å². The summed E-state index contributed by atoms with van der Waals surface area (Å²) in [6.45, 7) is 3.66. The quantitative estimate of drug-likeness (QED) is 0.504. The van der Waals surface area contributed by atoms with Crippen molar-refractivity contribution >= 4 is 5.69 Å². The molecule has 1 heterocycles. The second-order valence-electron chi connectivity index (χ2n) is 5.09. The molecule has 1 fully saturated rings. The summed E-state index contributed by atoms with van der Waals surface area (Å²) in [6.07, 6.45) is 2.52. The van der Waals surface area contributed by atoms with Crippen molar-refractivity contribution in [2.24, 2.45) is 0 Å². The van der Waals surface area contributed by atoms with Crippen LogP contribution in [-0.4, -0.2) is 17.1 Å². The van der Waals surface area contributed by atoms with Gasteiger partial charge in [0.05, 0.1) is 0 Å². The minimum absolute atomic E-state index is 0.0614. The standard InChI is InChI=1S/C13H15F5N2/c1-6-4-3-5-7(2)20(6)19-13-11(17)9(15)8(14)10(16)12(13)18/h6-7,19H,3-5H2,1-2H3. The maximum absolute atomic E-state index is 13.6. The Balaban J connectivity index is 2.38. The highest BCUT2D eigenvalue weighted by Crippen LogP contribution is 2.30. The summed E-state index contributed by atoms with van der Waals surface area (Å²) in [6, 6.07) is -0.123. The van der Waals surface area contributed by atoms with Gasteiger partial charge in [0.15, 0.2) is 23.3 Å². The van der Waals surface area contributed by atoms with Crippen molar-refractivity contribution in [3.8, 4) is 0 Å². The first kappa shape index (κ1) is 15.0. The van der Waals surface area contributed by atoms with Crippen LogP contribution in [-0.2, 0) is 0 Å². The largest absolute Gasteiger partial charge is 0.313 e. The molecule has 1 aromatic rings. The van der Waals surface area contributed by atoms with Crippen LogP contribution in [0.25, 0.3) is 0 Å². The molecule has 1 aliphatic heterocycles. The van der Waals surface area contributed by atoms with Crippen LogP contribution in [0.4, 0.5) is 27.6 Å². The molecule has 0 aliphatic carbocycles. The summed E-state index contributed by atoms with van der Waals surface area (Å²) in [5.41, 5.74) is 1.36. The van der Waals surface area contributed by atoms with E-state index in [1.54, 1.807) is 0 Å². The zero-order valence-electron chi connectivity index (χ0n) is 11.1. The van der Waals surface area contributed by atoms with Gasteiger partial charge in [0.25, 0.3) is 0 Å². The van der Waals surface area contributed by atoms with E-state index >= 15 is 0 Å². The molecule has 2 atom stereocenters. The van der Waals surface area contributed by atoms with E-state index in [1.807, 2.05) is 13.8 Å². The van der Waals surface area contributed by atoms with Crippen LogP contribution in [0.3, 0.4) is 0 Å². The number of nitrogens with zero attached hydrogens (tertiary/aromatic N) is 1. The molecule has 7 heteroatoms. The third-order valence-electron chi connectivity index (χ3n) is 3.64. The van der Waals surface area contributed by atoms with Crippen molar-refractivity contribution < 1.29 is 22.0 Å². The Kier molecular flexibility index (Phi) is 4.17. The summed E-state index contributed by atoms with van der Waals surface area (Å²) in [4.78, 5) is 0. The molecule has 2 nitrogen and oxygen atoms in total. The molecule has 2 unspecified atom stereocenters. The predicted octanol–water partition coefficient (Wildman–Crippen LogP) is 3.97. The number of halogens is 5. The van der Waals surface area contributed by atoms with E-state index in [0.717, 1.165) is 19.3 Å². The van der Waals surface area contributed by atoms with E-state index < -0.39 is 34.8 Å². The van der Waals surface area contributed by atoms with E-state index in [2.05, 4.69) is 5.43 Å². The number of anilines is 1. The summed E-state index contributed by atoms with van der Waals surface area (Å²) in [5, 5.41) is 1.53. The van der Waals surface area contributed by atoms with E-state index in [1.165, 1.54) is 5.01 Å². The van der Waals surface area contributed by atoms with E-state index in [-0.39, 0.29) is 12.1 Å². The van der Waals surface area contributed by atoms with Gasteiger partial charge in [0.1, 0.15) is 5.69 Å². The Morgan fingerprint density at radius 1 is 0.800 bits per heavy atom. The number of benzene rings is 1. The van der Waals surface area contributed by atoms with Gasteiger partial charge in [-0.05, 0) is 26.7 Å². The number of hydrogen-bond donors (Lipinski definition) is 1. The molecule has 1 aromatic carbocycles. The van der Waals surface area contributed by atoms with Gasteiger partial charge in [-0.3, -0.25) is 0 Å². The maximum Gasteiger partial charge on any atom is 0.200 e. The molecule has 0 aromatic heterocycles. The van der Waals surface area contributed by atoms with Gasteiger partial charge in [-0.15, -0.1) is 0 Å². The molecule has 0 saturated carbocycles. The number of hydrogen-bond acceptors (Lipinski definition) is 2. The topological polar surface area (TPSA) is 15.3 Å². The molecule has 0 spiro atoms. The first-order valence-corrected chi connectivity index (χ1v) is 6.41. The summed E-state index contributed by atoms with van der Waals surface area (Å²) < 4.78 is 66.4. The summed E-state index contributed by atoms with van der Waals surface area (Å²) in [5.74, 6) is -9.71. The van der Waals surface area contributed by atoms with Gasteiger partial charge in [-0.1, -0.05) is 6.42 Å². The maximum atomic E-state index is 13.6. The number of rotatable bonds is 2. The first-order valence-electron chi connectivity index (χ1n) is 6.41. The third-order valence-corrected chi connectivity index (χ3v) is 3.64. The highest BCUT2D eigenvalue weighted by Gasteiger charge is 2.30. The zero-order valence-corrected chi connectivity index (χ0v) is 11.1. The molecular formula is C13H15F5N2. The van der Waals surface area contributed by atoms with Gasteiger partial charge in [0.2, 0.25) is 5.82 Å². The average Bonchev–Trinajstić information content (AvgIpc) is 2.42. The smallest absolute Gasteiger partial charge is 0.200 e. The van der Waals surface area contributed by atoms with Crippen LogP contribution >= 0.6 is 0 Å². The van der Waals surface area contributed by atoms with Crippen LogP contribution in [0.1, 0.15) is 33.1 Å². The molecule has 20 heavy (non-hydrogen) atoms. The van der Waals surface area contributed by atoms with E-state index in [0.29, 0.717) is 0 Å². The van der Waals surface area contributed by atoms with Gasteiger partial charge < -0.3 is 5.43 Å².